The lowest BCUT2D eigenvalue weighted by molar-refractivity contribution is -0.140. The van der Waals surface area contributed by atoms with Gasteiger partial charge < -0.3 is 19.7 Å². The standard InChI is InChI=1S/C47H63N7O8S/c1-29(2)54-37-20-14-18-33(36-27-48-35(26-49-36)30-15-12-13-16-30)40(37)51-43(54)61-32-23-38-39(55)25-47(42(57)52-63(59,60)46(6)21-22-46)24-31(47)17-10-8-7-9-11-19-34(41(56)53(38)28-32)50-44(58)62-45(3,4)5/h10,14,17-18,20,26-27,29-32,34,38H,7-9,11-13,15-16,19,21-25,28H2,1-6H3,(H,50,58)(H,52,57)/b17-10-/t31-,32-,34+,38+,47-/m1/s1. The van der Waals surface area contributed by atoms with Crippen molar-refractivity contribution in [1.82, 2.24) is 34.5 Å². The second-order valence-corrected chi connectivity index (χ2v) is 22.3. The molecule has 2 N–H and O–H groups in total. The summed E-state index contributed by atoms with van der Waals surface area (Å²) < 4.78 is 42.3. The van der Waals surface area contributed by atoms with Crippen molar-refractivity contribution < 1.29 is 37.1 Å². The summed E-state index contributed by atoms with van der Waals surface area (Å²) in [7, 11) is -3.97. The van der Waals surface area contributed by atoms with Crippen LogP contribution in [0.3, 0.4) is 0 Å². The number of carbonyl (C=O) groups is 4. The second-order valence-electron chi connectivity index (χ2n) is 20.1. The zero-order chi connectivity index (χ0) is 44.9. The number of sulfonamides is 1. The summed E-state index contributed by atoms with van der Waals surface area (Å²) in [6, 6.07) is 4.12. The number of rotatable bonds is 9. The number of para-hydroxylation sites is 1. The lowest BCUT2D eigenvalue weighted by Crippen LogP contribution is -2.53. The Morgan fingerprint density at radius 3 is 2.41 bits per heavy atom. The van der Waals surface area contributed by atoms with Crippen molar-refractivity contribution in [1.29, 1.82) is 0 Å². The number of Topliss-reactive ketones (excluding diaryl/α,β-unsaturated/α-hetero) is 1. The van der Waals surface area contributed by atoms with E-state index in [0.29, 0.717) is 61.7 Å². The maximum Gasteiger partial charge on any atom is 0.408 e. The lowest BCUT2D eigenvalue weighted by Gasteiger charge is -2.30. The van der Waals surface area contributed by atoms with Crippen molar-refractivity contribution in [2.45, 2.75) is 172 Å². The van der Waals surface area contributed by atoms with Crippen LogP contribution in [-0.4, -0.2) is 91.6 Å². The number of aromatic nitrogens is 4. The van der Waals surface area contributed by atoms with Gasteiger partial charge in [-0.15, -0.1) is 0 Å². The Labute approximate surface area is 370 Å². The minimum Gasteiger partial charge on any atom is -0.459 e. The maximum atomic E-state index is 14.8. The van der Waals surface area contributed by atoms with Gasteiger partial charge in [-0.1, -0.05) is 50.0 Å². The molecule has 8 rings (SSSR count). The first-order chi connectivity index (χ1) is 29.9. The van der Waals surface area contributed by atoms with Crippen LogP contribution in [0.15, 0.2) is 42.7 Å². The summed E-state index contributed by atoms with van der Waals surface area (Å²) in [6.45, 7) is 10.9. The molecule has 3 aromatic rings. The summed E-state index contributed by atoms with van der Waals surface area (Å²) in [6.07, 6.45) is 15.2. The van der Waals surface area contributed by atoms with Crippen molar-refractivity contribution in [3.8, 4) is 17.3 Å². The number of benzene rings is 1. The van der Waals surface area contributed by atoms with E-state index in [4.69, 9.17) is 24.4 Å². The second kappa shape index (κ2) is 17.3. The molecule has 16 heteroatoms. The summed E-state index contributed by atoms with van der Waals surface area (Å²) in [5.41, 5.74) is 1.93. The van der Waals surface area contributed by atoms with Gasteiger partial charge in [0.05, 0.1) is 45.9 Å². The largest absolute Gasteiger partial charge is 0.459 e. The van der Waals surface area contributed by atoms with Crippen molar-refractivity contribution in [3.63, 3.8) is 0 Å². The van der Waals surface area contributed by atoms with Gasteiger partial charge in [0.15, 0.2) is 5.78 Å². The summed E-state index contributed by atoms with van der Waals surface area (Å²) >= 11 is 0. The predicted molar refractivity (Wildman–Crippen MR) is 237 cm³/mol. The molecule has 5 atom stereocenters. The van der Waals surface area contributed by atoms with Crippen LogP contribution in [0.1, 0.15) is 149 Å². The van der Waals surface area contributed by atoms with Crippen molar-refractivity contribution in [2.24, 2.45) is 11.3 Å². The Balaban J connectivity index is 1.11. The van der Waals surface area contributed by atoms with E-state index in [1.54, 1.807) is 27.7 Å². The predicted octanol–water partition coefficient (Wildman–Crippen LogP) is 7.46. The third-order valence-electron chi connectivity index (χ3n) is 13.7. The SMILES string of the molecule is CC(C)n1c(O[C@@H]2C[C@H]3C(=O)C[C@]4(C(=O)NS(=O)(=O)C5(C)CC5)C[C@H]4/C=C\CCCCC[C@H](NC(=O)OC(C)(C)C)C(=O)N3C2)nc2c(-c3cnc(C4CCCC4)cn3)cccc21. The molecule has 0 unspecified atom stereocenters. The first-order valence-corrected chi connectivity index (χ1v) is 24.4. The van der Waals surface area contributed by atoms with Crippen LogP contribution in [-0.2, 0) is 29.1 Å². The Morgan fingerprint density at radius 1 is 0.984 bits per heavy atom. The molecule has 1 saturated heterocycles. The Kier molecular flexibility index (Phi) is 12.3. The number of alkyl carbamates (subject to hydrolysis) is 1. The van der Waals surface area contributed by atoms with Crippen LogP contribution in [0.5, 0.6) is 6.01 Å². The van der Waals surface area contributed by atoms with Gasteiger partial charge in [-0.05, 0) is 105 Å². The van der Waals surface area contributed by atoms with Gasteiger partial charge in [0.25, 0.3) is 6.01 Å². The number of hydrogen-bond acceptors (Lipinski definition) is 11. The lowest BCUT2D eigenvalue weighted by atomic mass is 9.91. The highest BCUT2D eigenvalue weighted by Gasteiger charge is 2.62. The highest BCUT2D eigenvalue weighted by molar-refractivity contribution is 7.91. The zero-order valence-electron chi connectivity index (χ0n) is 37.5. The molecular formula is C47H63N7O8S. The topological polar surface area (TPSA) is 192 Å². The highest BCUT2D eigenvalue weighted by atomic mass is 32.2. The third-order valence-corrected chi connectivity index (χ3v) is 15.9. The molecule has 0 spiro atoms. The van der Waals surface area contributed by atoms with Crippen LogP contribution in [0.2, 0.25) is 0 Å². The van der Waals surface area contributed by atoms with E-state index in [1.165, 1.54) is 17.7 Å². The number of amides is 3. The molecule has 15 nitrogen and oxygen atoms in total. The van der Waals surface area contributed by atoms with Crippen LogP contribution in [0.4, 0.5) is 4.79 Å². The Morgan fingerprint density at radius 2 is 1.73 bits per heavy atom. The highest BCUT2D eigenvalue weighted by Crippen LogP contribution is 2.57. The van der Waals surface area contributed by atoms with E-state index >= 15 is 0 Å². The molecule has 5 aliphatic rings. The summed E-state index contributed by atoms with van der Waals surface area (Å²) in [4.78, 5) is 73.0. The number of nitrogens with one attached hydrogen (secondary N) is 2. The molecule has 2 aromatic heterocycles. The van der Waals surface area contributed by atoms with Gasteiger partial charge in [0.2, 0.25) is 21.8 Å². The first kappa shape index (κ1) is 44.7. The van der Waals surface area contributed by atoms with Gasteiger partial charge in [-0.3, -0.25) is 33.6 Å². The molecule has 63 heavy (non-hydrogen) atoms. The van der Waals surface area contributed by atoms with Crippen LogP contribution in [0, 0.1) is 11.3 Å². The molecule has 1 aromatic carbocycles. The van der Waals surface area contributed by atoms with Crippen LogP contribution in [0.25, 0.3) is 22.3 Å². The van der Waals surface area contributed by atoms with Gasteiger partial charge in [0.1, 0.15) is 23.3 Å². The number of hydrogen-bond donors (Lipinski definition) is 2. The van der Waals surface area contributed by atoms with Crippen LogP contribution < -0.4 is 14.8 Å². The first-order valence-electron chi connectivity index (χ1n) is 22.9. The minimum absolute atomic E-state index is 0.0132. The number of allylic oxidation sites excluding steroid dienone is 2. The van der Waals surface area contributed by atoms with Crippen molar-refractivity contribution in [2.75, 3.05) is 6.54 Å². The van der Waals surface area contributed by atoms with E-state index in [2.05, 4.69) is 10.0 Å². The summed E-state index contributed by atoms with van der Waals surface area (Å²) in [5.74, 6) is -1.41. The Bertz CT molecular complexity index is 2380. The molecule has 0 bridgehead atoms. The molecule has 2 aliphatic heterocycles. The molecule has 4 heterocycles. The number of ether oxygens (including phenoxy) is 2. The van der Waals surface area contributed by atoms with E-state index in [9.17, 15) is 27.6 Å². The number of carbonyl (C=O) groups excluding carboxylic acids is 4. The average Bonchev–Trinajstić information content (AvgIpc) is 3.86. The monoisotopic (exact) mass is 885 g/mol. The van der Waals surface area contributed by atoms with Crippen LogP contribution >= 0.6 is 0 Å². The van der Waals surface area contributed by atoms with E-state index in [-0.39, 0.29) is 37.1 Å². The molecule has 0 radical (unpaired) electrons. The third kappa shape index (κ3) is 9.37. The zero-order valence-corrected chi connectivity index (χ0v) is 38.3. The maximum absolute atomic E-state index is 14.8. The smallest absolute Gasteiger partial charge is 0.408 e. The number of imidazole rings is 1. The Hall–Kier alpha value is -4.86. The van der Waals surface area contributed by atoms with E-state index in [1.807, 2.05) is 61.2 Å². The average molecular weight is 886 g/mol. The van der Waals surface area contributed by atoms with E-state index < -0.39 is 61.9 Å². The molecule has 4 fully saturated rings. The van der Waals surface area contributed by atoms with Gasteiger partial charge in [0, 0.05) is 36.6 Å². The molecule has 340 valence electrons. The van der Waals surface area contributed by atoms with Gasteiger partial charge in [-0.2, -0.15) is 4.98 Å². The molecule has 3 aliphatic carbocycles. The van der Waals surface area contributed by atoms with Gasteiger partial charge >= 0.3 is 6.09 Å². The van der Waals surface area contributed by atoms with Crippen molar-refractivity contribution in [3.05, 3.63) is 48.4 Å². The fourth-order valence-corrected chi connectivity index (χ4v) is 11.0. The quantitative estimate of drug-likeness (QED) is 0.203. The fourth-order valence-electron chi connectivity index (χ4n) is 9.68. The normalized spacial score (nSPS) is 27.3. The number of fused-ring (bicyclic) bond motifs is 3. The van der Waals surface area contributed by atoms with Crippen molar-refractivity contribution >= 4 is 44.7 Å². The number of ketones is 1. The molecule has 3 saturated carbocycles. The van der Waals surface area contributed by atoms with E-state index in [0.717, 1.165) is 42.5 Å². The molecular weight excluding hydrogens is 823 g/mol. The van der Waals surface area contributed by atoms with Gasteiger partial charge in [-0.25, -0.2) is 13.2 Å². The minimum atomic E-state index is -3.97. The molecule has 3 amide bonds. The fraction of sp³-hybridized carbons (Fsp3) is 0.638. The summed E-state index contributed by atoms with van der Waals surface area (Å²) in [5, 5.41) is 2.80. The number of nitrogens with zero attached hydrogens (tertiary/aromatic N) is 5.